The molecule has 0 saturated heterocycles. The van der Waals surface area contributed by atoms with E-state index in [-0.39, 0.29) is 11.7 Å². The molecule has 0 aliphatic rings. The van der Waals surface area contributed by atoms with Crippen LogP contribution in [-0.2, 0) is 4.79 Å². The predicted molar refractivity (Wildman–Crippen MR) is 110 cm³/mol. The van der Waals surface area contributed by atoms with Crippen LogP contribution >= 0.6 is 0 Å². The minimum atomic E-state index is -0.136. The number of pyridine rings is 1. The van der Waals surface area contributed by atoms with E-state index in [0.29, 0.717) is 23.2 Å². The highest BCUT2D eigenvalue weighted by molar-refractivity contribution is 6.11. The van der Waals surface area contributed by atoms with Crippen LogP contribution in [0.4, 0.5) is 5.69 Å². The van der Waals surface area contributed by atoms with E-state index in [1.54, 1.807) is 37.5 Å². The largest absolute Gasteiger partial charge is 0.361 e. The highest BCUT2D eigenvalue weighted by Gasteiger charge is 2.14. The molecule has 28 heavy (non-hydrogen) atoms. The second kappa shape index (κ2) is 7.48. The summed E-state index contributed by atoms with van der Waals surface area (Å²) in [5.74, 6) is -0.236. The summed E-state index contributed by atoms with van der Waals surface area (Å²) in [4.78, 5) is 32.2. The SMILES string of the molecule is CCC(=O)Nc1cc(C(=O)c2cccnc2)cc(-c2cccc3[nH]ccc23)c1. The lowest BCUT2D eigenvalue weighted by atomic mass is 9.96. The predicted octanol–water partition coefficient (Wildman–Crippen LogP) is 4.81. The van der Waals surface area contributed by atoms with Crippen LogP contribution in [-0.4, -0.2) is 21.7 Å². The van der Waals surface area contributed by atoms with Crippen LogP contribution in [0.1, 0.15) is 29.3 Å². The number of ketones is 1. The zero-order chi connectivity index (χ0) is 19.5. The van der Waals surface area contributed by atoms with Crippen LogP contribution in [0.3, 0.4) is 0 Å². The number of benzene rings is 2. The fourth-order valence-corrected chi connectivity index (χ4v) is 3.24. The lowest BCUT2D eigenvalue weighted by molar-refractivity contribution is -0.115. The van der Waals surface area contributed by atoms with Gasteiger partial charge in [-0.1, -0.05) is 19.1 Å². The molecule has 0 fully saturated rings. The zero-order valence-corrected chi connectivity index (χ0v) is 15.4. The fraction of sp³-hybridized carbons (Fsp3) is 0.0870. The second-order valence-electron chi connectivity index (χ2n) is 6.52. The van der Waals surface area contributed by atoms with Crippen molar-refractivity contribution in [2.75, 3.05) is 5.32 Å². The van der Waals surface area contributed by atoms with Crippen LogP contribution in [0.2, 0.25) is 0 Å². The lowest BCUT2D eigenvalue weighted by Crippen LogP contribution is -2.11. The summed E-state index contributed by atoms with van der Waals surface area (Å²) < 4.78 is 0. The van der Waals surface area contributed by atoms with E-state index in [0.717, 1.165) is 22.0 Å². The van der Waals surface area contributed by atoms with E-state index >= 15 is 0 Å². The van der Waals surface area contributed by atoms with Gasteiger partial charge in [0.2, 0.25) is 5.91 Å². The van der Waals surface area contributed by atoms with E-state index in [1.807, 2.05) is 42.6 Å². The highest BCUT2D eigenvalue weighted by Crippen LogP contribution is 2.31. The van der Waals surface area contributed by atoms with Crippen molar-refractivity contribution in [2.45, 2.75) is 13.3 Å². The maximum Gasteiger partial charge on any atom is 0.224 e. The molecule has 4 aromatic rings. The fourth-order valence-electron chi connectivity index (χ4n) is 3.24. The van der Waals surface area contributed by atoms with E-state index < -0.39 is 0 Å². The Bertz CT molecular complexity index is 1160. The van der Waals surface area contributed by atoms with Crippen LogP contribution in [0.25, 0.3) is 22.0 Å². The molecular formula is C23H19N3O2. The molecule has 0 radical (unpaired) electrons. The first kappa shape index (κ1) is 17.7. The molecule has 0 atom stereocenters. The zero-order valence-electron chi connectivity index (χ0n) is 15.4. The van der Waals surface area contributed by atoms with Gasteiger partial charge in [0.1, 0.15) is 0 Å². The molecule has 2 N–H and O–H groups in total. The molecule has 0 spiro atoms. The topological polar surface area (TPSA) is 74.8 Å². The Hall–Kier alpha value is -3.73. The van der Waals surface area contributed by atoms with Crippen molar-refractivity contribution in [3.8, 4) is 11.1 Å². The van der Waals surface area contributed by atoms with Gasteiger partial charge in [-0.15, -0.1) is 0 Å². The number of amides is 1. The van der Waals surface area contributed by atoms with Gasteiger partial charge < -0.3 is 10.3 Å². The molecule has 5 heteroatoms. The Balaban J connectivity index is 1.86. The number of carbonyl (C=O) groups excluding carboxylic acids is 2. The first-order valence-corrected chi connectivity index (χ1v) is 9.12. The molecule has 0 aliphatic heterocycles. The van der Waals surface area contributed by atoms with Gasteiger partial charge in [0, 0.05) is 52.7 Å². The van der Waals surface area contributed by atoms with Crippen LogP contribution < -0.4 is 5.32 Å². The summed E-state index contributed by atoms with van der Waals surface area (Å²) in [6.07, 6.45) is 5.43. The number of rotatable bonds is 5. The quantitative estimate of drug-likeness (QED) is 0.496. The van der Waals surface area contributed by atoms with Gasteiger partial charge in [-0.2, -0.15) is 0 Å². The molecule has 0 aliphatic carbocycles. The molecule has 0 unspecified atom stereocenters. The number of fused-ring (bicyclic) bond motifs is 1. The van der Waals surface area contributed by atoms with Gasteiger partial charge in [-0.25, -0.2) is 0 Å². The van der Waals surface area contributed by atoms with Crippen molar-refractivity contribution in [2.24, 2.45) is 0 Å². The van der Waals surface area contributed by atoms with Gasteiger partial charge in [0.05, 0.1) is 0 Å². The highest BCUT2D eigenvalue weighted by atomic mass is 16.1. The standard InChI is InChI=1S/C23H19N3O2/c1-2-22(27)26-18-12-16(19-6-3-7-21-20(19)8-10-25-21)11-17(13-18)23(28)15-5-4-9-24-14-15/h3-14,25H,2H2,1H3,(H,26,27). The lowest BCUT2D eigenvalue weighted by Gasteiger charge is -2.12. The molecule has 5 nitrogen and oxygen atoms in total. The normalized spacial score (nSPS) is 10.8. The minimum Gasteiger partial charge on any atom is -0.361 e. The summed E-state index contributed by atoms with van der Waals surface area (Å²) in [5.41, 5.74) is 4.49. The third-order valence-corrected chi connectivity index (χ3v) is 4.63. The summed E-state index contributed by atoms with van der Waals surface area (Å²) >= 11 is 0. The molecule has 0 saturated carbocycles. The molecule has 138 valence electrons. The van der Waals surface area contributed by atoms with Crippen molar-refractivity contribution < 1.29 is 9.59 Å². The molecule has 4 rings (SSSR count). The monoisotopic (exact) mass is 369 g/mol. The maximum absolute atomic E-state index is 13.0. The maximum atomic E-state index is 13.0. The van der Waals surface area contributed by atoms with E-state index in [1.165, 1.54) is 0 Å². The first-order chi connectivity index (χ1) is 13.7. The third kappa shape index (κ3) is 3.42. The first-order valence-electron chi connectivity index (χ1n) is 9.12. The average Bonchev–Trinajstić information content (AvgIpc) is 3.22. The Morgan fingerprint density at radius 2 is 1.93 bits per heavy atom. The van der Waals surface area contributed by atoms with Crippen molar-refractivity contribution in [1.82, 2.24) is 9.97 Å². The summed E-state index contributed by atoms with van der Waals surface area (Å²) in [6.45, 7) is 1.79. The summed E-state index contributed by atoms with van der Waals surface area (Å²) in [5, 5.41) is 3.93. The van der Waals surface area contributed by atoms with Gasteiger partial charge in [-0.05, 0) is 53.6 Å². The number of nitrogens with zero attached hydrogens (tertiary/aromatic N) is 1. The number of aromatic nitrogens is 2. The van der Waals surface area contributed by atoms with Gasteiger partial charge in [0.15, 0.2) is 5.78 Å². The van der Waals surface area contributed by atoms with Crippen LogP contribution in [0.5, 0.6) is 0 Å². The van der Waals surface area contributed by atoms with Crippen molar-refractivity contribution in [3.05, 3.63) is 84.3 Å². The third-order valence-electron chi connectivity index (χ3n) is 4.63. The van der Waals surface area contributed by atoms with Crippen LogP contribution in [0, 0.1) is 0 Å². The van der Waals surface area contributed by atoms with E-state index in [4.69, 9.17) is 0 Å². The molecule has 2 heterocycles. The van der Waals surface area contributed by atoms with Crippen LogP contribution in [0.15, 0.2) is 73.2 Å². The minimum absolute atomic E-state index is 0.100. The Morgan fingerprint density at radius 3 is 2.71 bits per heavy atom. The van der Waals surface area contributed by atoms with Gasteiger partial charge in [0.25, 0.3) is 0 Å². The number of H-pyrrole nitrogens is 1. The number of nitrogens with one attached hydrogen (secondary N) is 2. The Morgan fingerprint density at radius 1 is 1.04 bits per heavy atom. The number of carbonyl (C=O) groups is 2. The van der Waals surface area contributed by atoms with Crippen molar-refractivity contribution in [1.29, 1.82) is 0 Å². The van der Waals surface area contributed by atoms with Gasteiger partial charge in [-0.3, -0.25) is 14.6 Å². The smallest absolute Gasteiger partial charge is 0.224 e. The average molecular weight is 369 g/mol. The van der Waals surface area contributed by atoms with Crippen molar-refractivity contribution in [3.63, 3.8) is 0 Å². The van der Waals surface area contributed by atoms with Crippen molar-refractivity contribution >= 4 is 28.3 Å². The van der Waals surface area contributed by atoms with Gasteiger partial charge >= 0.3 is 0 Å². The second-order valence-corrected chi connectivity index (χ2v) is 6.52. The molecule has 0 bridgehead atoms. The number of anilines is 1. The van der Waals surface area contributed by atoms with E-state index in [2.05, 4.69) is 15.3 Å². The molecule has 1 amide bonds. The Kier molecular flexibility index (Phi) is 4.72. The Labute approximate surface area is 162 Å². The number of hydrogen-bond donors (Lipinski definition) is 2. The summed E-state index contributed by atoms with van der Waals surface area (Å²) in [6, 6.07) is 16.9. The number of aromatic amines is 1. The molecule has 2 aromatic heterocycles. The molecule has 2 aromatic carbocycles. The summed E-state index contributed by atoms with van der Waals surface area (Å²) in [7, 11) is 0. The molecular weight excluding hydrogens is 350 g/mol. The number of hydrogen-bond acceptors (Lipinski definition) is 3. The van der Waals surface area contributed by atoms with E-state index in [9.17, 15) is 9.59 Å².